The first kappa shape index (κ1) is 18.7. The summed E-state index contributed by atoms with van der Waals surface area (Å²) in [7, 11) is 0. The predicted molar refractivity (Wildman–Crippen MR) is 106 cm³/mol. The maximum absolute atomic E-state index is 13.3. The summed E-state index contributed by atoms with van der Waals surface area (Å²) in [5.41, 5.74) is -2.61. The Balaban J connectivity index is 1.54. The minimum Gasteiger partial charge on any atom is -0.393 e. The fourth-order valence-corrected chi connectivity index (χ4v) is 10.5. The summed E-state index contributed by atoms with van der Waals surface area (Å²) in [5.74, 6) is -1.81. The molecular formula is C25H28O6. The second kappa shape index (κ2) is 4.90. The molecule has 10 unspecified atom stereocenters. The molecule has 0 aromatic rings. The van der Waals surface area contributed by atoms with E-state index >= 15 is 0 Å². The number of esters is 2. The number of ketones is 2. The molecule has 2 heterocycles. The Bertz CT molecular complexity index is 1040. The zero-order valence-corrected chi connectivity index (χ0v) is 18.2. The van der Waals surface area contributed by atoms with Gasteiger partial charge in [0.2, 0.25) is 0 Å². The van der Waals surface area contributed by atoms with Crippen molar-refractivity contribution in [2.75, 3.05) is 0 Å². The maximum Gasteiger partial charge on any atom is 0.318 e. The molecule has 6 aliphatic carbocycles. The first-order valence-electron chi connectivity index (χ1n) is 11.7. The van der Waals surface area contributed by atoms with Crippen molar-refractivity contribution in [1.29, 1.82) is 0 Å². The molecule has 2 aliphatic heterocycles. The van der Waals surface area contributed by atoms with Crippen molar-refractivity contribution >= 4 is 23.5 Å². The van der Waals surface area contributed by atoms with Crippen molar-refractivity contribution < 1.29 is 28.7 Å². The summed E-state index contributed by atoms with van der Waals surface area (Å²) in [5, 5.41) is 0. The van der Waals surface area contributed by atoms with Crippen molar-refractivity contribution in [1.82, 2.24) is 0 Å². The number of epoxide rings is 1. The number of carbonyl (C=O) groups is 4. The third-order valence-electron chi connectivity index (χ3n) is 11.4. The van der Waals surface area contributed by atoms with E-state index < -0.39 is 45.6 Å². The summed E-state index contributed by atoms with van der Waals surface area (Å²) >= 11 is 0. The quantitative estimate of drug-likeness (QED) is 0.278. The van der Waals surface area contributed by atoms with Crippen molar-refractivity contribution in [3.63, 3.8) is 0 Å². The van der Waals surface area contributed by atoms with Gasteiger partial charge in [0.05, 0.1) is 17.9 Å². The van der Waals surface area contributed by atoms with Gasteiger partial charge in [0, 0.05) is 35.0 Å². The average Bonchev–Trinajstić information content (AvgIpc) is 3.18. The van der Waals surface area contributed by atoms with Gasteiger partial charge < -0.3 is 9.47 Å². The monoisotopic (exact) mass is 424 g/mol. The largest absolute Gasteiger partial charge is 0.393 e. The Morgan fingerprint density at radius 1 is 1.06 bits per heavy atom. The second-order valence-electron chi connectivity index (χ2n) is 11.9. The fraction of sp³-hybridized carbons (Fsp3) is 0.760. The molecule has 164 valence electrons. The SMILES string of the molecule is CC(=O)C1CCC2C1(C)CC1OC13C21C=CC2(CC(=O)CCC23C)C2C(=O)OC(=O)C21. The average molecular weight is 424 g/mol. The van der Waals surface area contributed by atoms with E-state index in [0.717, 1.165) is 19.3 Å². The van der Waals surface area contributed by atoms with Crippen LogP contribution in [0.2, 0.25) is 0 Å². The van der Waals surface area contributed by atoms with E-state index in [2.05, 4.69) is 26.0 Å². The van der Waals surface area contributed by atoms with Crippen LogP contribution in [0.4, 0.5) is 0 Å². The molecule has 0 radical (unpaired) electrons. The molecule has 6 heteroatoms. The van der Waals surface area contributed by atoms with Crippen LogP contribution < -0.4 is 0 Å². The van der Waals surface area contributed by atoms with Crippen LogP contribution in [0.3, 0.4) is 0 Å². The highest BCUT2D eigenvalue weighted by Gasteiger charge is 2.94. The summed E-state index contributed by atoms with van der Waals surface area (Å²) in [4.78, 5) is 51.8. The van der Waals surface area contributed by atoms with Crippen molar-refractivity contribution in [2.45, 2.75) is 71.0 Å². The molecule has 0 aromatic heterocycles. The molecule has 6 nitrogen and oxygen atoms in total. The number of cyclic esters (lactones) is 2. The molecule has 0 N–H and O–H groups in total. The molecule has 10 atom stereocenters. The molecule has 0 aromatic carbocycles. The lowest BCUT2D eigenvalue weighted by atomic mass is 9.27. The first-order valence-corrected chi connectivity index (χ1v) is 11.7. The molecule has 31 heavy (non-hydrogen) atoms. The Morgan fingerprint density at radius 3 is 2.55 bits per heavy atom. The molecular weight excluding hydrogens is 396 g/mol. The molecule has 4 saturated carbocycles. The van der Waals surface area contributed by atoms with Crippen molar-refractivity contribution in [3.05, 3.63) is 12.2 Å². The smallest absolute Gasteiger partial charge is 0.318 e. The molecule has 0 amide bonds. The summed E-state index contributed by atoms with van der Waals surface area (Å²) in [6, 6.07) is 0. The van der Waals surface area contributed by atoms with Gasteiger partial charge >= 0.3 is 11.9 Å². The van der Waals surface area contributed by atoms with Crippen LogP contribution in [0.1, 0.15) is 59.3 Å². The van der Waals surface area contributed by atoms with Crippen LogP contribution >= 0.6 is 0 Å². The third-order valence-corrected chi connectivity index (χ3v) is 11.4. The Morgan fingerprint density at radius 2 is 1.81 bits per heavy atom. The van der Waals surface area contributed by atoms with E-state index in [1.807, 2.05) is 0 Å². The third kappa shape index (κ3) is 1.53. The second-order valence-corrected chi connectivity index (χ2v) is 11.9. The lowest BCUT2D eigenvalue weighted by Gasteiger charge is -2.72. The summed E-state index contributed by atoms with van der Waals surface area (Å²) in [6.07, 6.45) is 8.11. The summed E-state index contributed by atoms with van der Waals surface area (Å²) in [6.45, 7) is 6.08. The van der Waals surface area contributed by atoms with Crippen LogP contribution in [-0.2, 0) is 28.7 Å². The Hall–Kier alpha value is -1.82. The Kier molecular flexibility index (Phi) is 2.96. The van der Waals surface area contributed by atoms with Crippen molar-refractivity contribution in [2.24, 2.45) is 45.3 Å². The maximum atomic E-state index is 13.3. The molecule has 8 aliphatic rings. The van der Waals surface area contributed by atoms with E-state index in [-0.39, 0.29) is 41.3 Å². The topological polar surface area (TPSA) is 90.0 Å². The molecule has 6 fully saturated rings. The summed E-state index contributed by atoms with van der Waals surface area (Å²) < 4.78 is 12.0. The van der Waals surface area contributed by atoms with Crippen LogP contribution in [-0.4, -0.2) is 35.2 Å². The number of hydrogen-bond donors (Lipinski definition) is 0. The van der Waals surface area contributed by atoms with Gasteiger partial charge in [-0.1, -0.05) is 26.0 Å². The normalized spacial score (nSPS) is 60.0. The van der Waals surface area contributed by atoms with Crippen LogP contribution in [0.15, 0.2) is 12.2 Å². The lowest BCUT2D eigenvalue weighted by molar-refractivity contribution is -0.225. The fourth-order valence-electron chi connectivity index (χ4n) is 10.5. The van der Waals surface area contributed by atoms with Gasteiger partial charge in [-0.2, -0.15) is 0 Å². The zero-order chi connectivity index (χ0) is 21.8. The van der Waals surface area contributed by atoms with Crippen LogP contribution in [0, 0.1) is 45.3 Å². The van der Waals surface area contributed by atoms with Gasteiger partial charge in [0.1, 0.15) is 17.2 Å². The molecule has 8 rings (SSSR count). The highest BCUT2D eigenvalue weighted by atomic mass is 16.6. The van der Waals surface area contributed by atoms with E-state index in [1.54, 1.807) is 6.92 Å². The highest BCUT2D eigenvalue weighted by molar-refractivity contribution is 6.00. The first-order chi connectivity index (χ1) is 14.6. The van der Waals surface area contributed by atoms with Gasteiger partial charge in [-0.3, -0.25) is 19.2 Å². The van der Waals surface area contributed by atoms with Gasteiger partial charge in [-0.25, -0.2) is 0 Å². The molecule has 2 bridgehead atoms. The van der Waals surface area contributed by atoms with Crippen LogP contribution in [0.25, 0.3) is 0 Å². The predicted octanol–water partition coefficient (Wildman–Crippen LogP) is 2.78. The number of rotatable bonds is 1. The van der Waals surface area contributed by atoms with Gasteiger partial charge in [0.25, 0.3) is 0 Å². The van der Waals surface area contributed by atoms with Gasteiger partial charge in [-0.05, 0) is 43.9 Å². The highest BCUT2D eigenvalue weighted by Crippen LogP contribution is 2.88. The van der Waals surface area contributed by atoms with E-state index in [9.17, 15) is 19.2 Å². The molecule has 3 spiro atoms. The van der Waals surface area contributed by atoms with Gasteiger partial charge in [-0.15, -0.1) is 0 Å². The van der Waals surface area contributed by atoms with Crippen molar-refractivity contribution in [3.8, 4) is 0 Å². The molecule has 2 saturated heterocycles. The minimum atomic E-state index is -0.723. The number of allylic oxidation sites excluding steroid dienone is 1. The van der Waals surface area contributed by atoms with E-state index in [1.165, 1.54) is 0 Å². The zero-order valence-electron chi connectivity index (χ0n) is 18.2. The number of ether oxygens (including phenoxy) is 2. The van der Waals surface area contributed by atoms with E-state index in [0.29, 0.717) is 12.8 Å². The van der Waals surface area contributed by atoms with Gasteiger partial charge in [0.15, 0.2) is 0 Å². The van der Waals surface area contributed by atoms with Crippen LogP contribution in [0.5, 0.6) is 0 Å². The van der Waals surface area contributed by atoms with E-state index in [4.69, 9.17) is 9.47 Å². The standard InChI is InChI=1S/C25H28O6/c1-12(26)14-4-5-15-21(14,2)11-16-25(31-16)22(3)7-6-13(27)10-23(22)8-9-24(15,25)18-17(23)19(28)30-20(18)29/h8-9,14-18H,4-7,10-11H2,1-3H3. The number of hydrogen-bond acceptors (Lipinski definition) is 6. The minimum absolute atomic E-state index is 0.0524. The lowest BCUT2D eigenvalue weighted by Crippen LogP contribution is -2.77. The number of fused-ring (bicyclic) bond motifs is 1. The number of Topliss-reactive ketones (excluding diaryl/α,β-unsaturated/α-hetero) is 2. The Labute approximate surface area is 181 Å². The number of carbonyl (C=O) groups excluding carboxylic acids is 4.